The predicted octanol–water partition coefficient (Wildman–Crippen LogP) is 2.63. The molecule has 2 N–H and O–H groups in total. The number of hydrogen-bond acceptors (Lipinski definition) is 2. The highest BCUT2D eigenvalue weighted by molar-refractivity contribution is 6.32. The minimum Gasteiger partial charge on any atom is -0.495 e. The second-order valence-electron chi connectivity index (χ2n) is 3.48. The Morgan fingerprint density at radius 2 is 2.21 bits per heavy atom. The third-order valence-electron chi connectivity index (χ3n) is 2.10. The lowest BCUT2D eigenvalue weighted by Crippen LogP contribution is -2.15. The molecular formula is C11H16ClNO. The standard InChI is InChI=1S/C11H16ClNO/c1-8(13)3-4-9-5-6-11(14-2)10(12)7-9/h5-8H,3-4,13H2,1-2H3/t8-/m0/s1. The maximum Gasteiger partial charge on any atom is 0.137 e. The molecule has 0 amide bonds. The number of rotatable bonds is 4. The highest BCUT2D eigenvalue weighted by atomic mass is 35.5. The first-order valence-corrected chi connectivity index (χ1v) is 5.09. The van der Waals surface area contributed by atoms with Crippen LogP contribution in [0.4, 0.5) is 0 Å². The maximum absolute atomic E-state index is 5.99. The number of aryl methyl sites for hydroxylation is 1. The van der Waals surface area contributed by atoms with Gasteiger partial charge in [0.2, 0.25) is 0 Å². The van der Waals surface area contributed by atoms with Gasteiger partial charge in [0.05, 0.1) is 12.1 Å². The van der Waals surface area contributed by atoms with Crippen LogP contribution in [0.3, 0.4) is 0 Å². The normalized spacial score (nSPS) is 12.6. The first kappa shape index (κ1) is 11.3. The summed E-state index contributed by atoms with van der Waals surface area (Å²) in [4.78, 5) is 0. The summed E-state index contributed by atoms with van der Waals surface area (Å²) in [5.74, 6) is 0.719. The van der Waals surface area contributed by atoms with Crippen molar-refractivity contribution in [1.29, 1.82) is 0 Å². The van der Waals surface area contributed by atoms with Crippen LogP contribution in [0, 0.1) is 0 Å². The molecule has 0 aromatic heterocycles. The van der Waals surface area contributed by atoms with Crippen molar-refractivity contribution >= 4 is 11.6 Å². The molecule has 0 radical (unpaired) electrons. The van der Waals surface area contributed by atoms with E-state index in [-0.39, 0.29) is 6.04 Å². The van der Waals surface area contributed by atoms with Gasteiger partial charge in [-0.25, -0.2) is 0 Å². The molecule has 1 atom stereocenters. The SMILES string of the molecule is COc1ccc(CC[C@H](C)N)cc1Cl. The van der Waals surface area contributed by atoms with E-state index in [9.17, 15) is 0 Å². The van der Waals surface area contributed by atoms with E-state index in [4.69, 9.17) is 22.1 Å². The van der Waals surface area contributed by atoms with Crippen LogP contribution in [0.5, 0.6) is 5.75 Å². The van der Waals surface area contributed by atoms with Crippen molar-refractivity contribution in [3.8, 4) is 5.75 Å². The van der Waals surface area contributed by atoms with Crippen molar-refractivity contribution in [2.75, 3.05) is 7.11 Å². The van der Waals surface area contributed by atoms with Crippen molar-refractivity contribution in [1.82, 2.24) is 0 Å². The van der Waals surface area contributed by atoms with E-state index in [1.807, 2.05) is 25.1 Å². The molecule has 1 aromatic carbocycles. The molecule has 1 rings (SSSR count). The molecule has 78 valence electrons. The predicted molar refractivity (Wildman–Crippen MR) is 60.0 cm³/mol. The molecule has 2 nitrogen and oxygen atoms in total. The average Bonchev–Trinajstić information content (AvgIpc) is 2.15. The summed E-state index contributed by atoms with van der Waals surface area (Å²) in [6.45, 7) is 2.01. The topological polar surface area (TPSA) is 35.2 Å². The monoisotopic (exact) mass is 213 g/mol. The molecule has 0 heterocycles. The molecule has 0 aliphatic rings. The van der Waals surface area contributed by atoms with Gasteiger partial charge in [-0.3, -0.25) is 0 Å². The lowest BCUT2D eigenvalue weighted by molar-refractivity contribution is 0.415. The third-order valence-corrected chi connectivity index (χ3v) is 2.40. The zero-order valence-corrected chi connectivity index (χ0v) is 9.34. The van der Waals surface area contributed by atoms with Gasteiger partial charge in [0.1, 0.15) is 5.75 Å². The Morgan fingerprint density at radius 1 is 1.50 bits per heavy atom. The summed E-state index contributed by atoms with van der Waals surface area (Å²) in [5.41, 5.74) is 6.88. The van der Waals surface area contributed by atoms with Crippen LogP contribution >= 0.6 is 11.6 Å². The average molecular weight is 214 g/mol. The molecule has 0 saturated carbocycles. The highest BCUT2D eigenvalue weighted by Gasteiger charge is 2.02. The van der Waals surface area contributed by atoms with E-state index in [0.29, 0.717) is 5.02 Å². The van der Waals surface area contributed by atoms with Gasteiger partial charge in [0.15, 0.2) is 0 Å². The Kier molecular flexibility index (Phi) is 4.23. The third kappa shape index (κ3) is 3.20. The lowest BCUT2D eigenvalue weighted by atomic mass is 10.1. The van der Waals surface area contributed by atoms with Gasteiger partial charge in [-0.05, 0) is 37.5 Å². The Hall–Kier alpha value is -0.730. The summed E-state index contributed by atoms with van der Waals surface area (Å²) in [5, 5.41) is 0.662. The second-order valence-corrected chi connectivity index (χ2v) is 3.89. The Bertz CT molecular complexity index is 299. The van der Waals surface area contributed by atoms with Crippen LogP contribution < -0.4 is 10.5 Å². The molecule has 0 unspecified atom stereocenters. The van der Waals surface area contributed by atoms with Crippen molar-refractivity contribution in [2.24, 2.45) is 5.73 Å². The minimum absolute atomic E-state index is 0.232. The molecule has 0 saturated heterocycles. The molecular weight excluding hydrogens is 198 g/mol. The number of benzene rings is 1. The van der Waals surface area contributed by atoms with Gasteiger partial charge < -0.3 is 10.5 Å². The quantitative estimate of drug-likeness (QED) is 0.835. The zero-order valence-electron chi connectivity index (χ0n) is 8.59. The van der Waals surface area contributed by atoms with Gasteiger partial charge in [-0.1, -0.05) is 17.7 Å². The van der Waals surface area contributed by atoms with Crippen molar-refractivity contribution in [3.05, 3.63) is 28.8 Å². The minimum atomic E-state index is 0.232. The highest BCUT2D eigenvalue weighted by Crippen LogP contribution is 2.25. The molecule has 0 fully saturated rings. The Balaban J connectivity index is 2.66. The number of nitrogens with two attached hydrogens (primary N) is 1. The van der Waals surface area contributed by atoms with E-state index in [1.165, 1.54) is 5.56 Å². The summed E-state index contributed by atoms with van der Waals surface area (Å²) in [6, 6.07) is 6.07. The van der Waals surface area contributed by atoms with Crippen LogP contribution in [0.2, 0.25) is 5.02 Å². The molecule has 0 spiro atoms. The van der Waals surface area contributed by atoms with Gasteiger partial charge in [0.25, 0.3) is 0 Å². The second kappa shape index (κ2) is 5.23. The molecule has 0 bridgehead atoms. The van der Waals surface area contributed by atoms with Crippen molar-refractivity contribution in [3.63, 3.8) is 0 Å². The molecule has 3 heteroatoms. The Labute approximate surface area is 90.0 Å². The van der Waals surface area contributed by atoms with E-state index >= 15 is 0 Å². The van der Waals surface area contributed by atoms with E-state index in [1.54, 1.807) is 7.11 Å². The van der Waals surface area contributed by atoms with Gasteiger partial charge in [-0.2, -0.15) is 0 Å². The fourth-order valence-electron chi connectivity index (χ4n) is 1.26. The number of halogens is 1. The fraction of sp³-hybridized carbons (Fsp3) is 0.455. The summed E-state index contributed by atoms with van der Waals surface area (Å²) in [6.07, 6.45) is 1.93. The maximum atomic E-state index is 5.99. The first-order chi connectivity index (χ1) is 6.63. The smallest absolute Gasteiger partial charge is 0.137 e. The van der Waals surface area contributed by atoms with Crippen molar-refractivity contribution in [2.45, 2.75) is 25.8 Å². The van der Waals surface area contributed by atoms with Gasteiger partial charge in [-0.15, -0.1) is 0 Å². The zero-order chi connectivity index (χ0) is 10.6. The lowest BCUT2D eigenvalue weighted by Gasteiger charge is -2.07. The van der Waals surface area contributed by atoms with Crippen LogP contribution in [-0.2, 0) is 6.42 Å². The number of methoxy groups -OCH3 is 1. The van der Waals surface area contributed by atoms with E-state index in [0.717, 1.165) is 18.6 Å². The van der Waals surface area contributed by atoms with Crippen molar-refractivity contribution < 1.29 is 4.74 Å². The van der Waals surface area contributed by atoms with E-state index in [2.05, 4.69) is 0 Å². The van der Waals surface area contributed by atoms with Crippen LogP contribution in [-0.4, -0.2) is 13.2 Å². The van der Waals surface area contributed by atoms with Gasteiger partial charge in [0, 0.05) is 6.04 Å². The van der Waals surface area contributed by atoms with Gasteiger partial charge >= 0.3 is 0 Å². The Morgan fingerprint density at radius 3 is 2.71 bits per heavy atom. The molecule has 0 aliphatic carbocycles. The van der Waals surface area contributed by atoms with Crippen LogP contribution in [0.25, 0.3) is 0 Å². The van der Waals surface area contributed by atoms with E-state index < -0.39 is 0 Å². The molecule has 14 heavy (non-hydrogen) atoms. The fourth-order valence-corrected chi connectivity index (χ4v) is 1.54. The molecule has 0 aliphatic heterocycles. The van der Waals surface area contributed by atoms with Crippen LogP contribution in [0.1, 0.15) is 18.9 Å². The summed E-state index contributed by atoms with van der Waals surface area (Å²) >= 11 is 5.99. The number of hydrogen-bond donors (Lipinski definition) is 1. The summed E-state index contributed by atoms with van der Waals surface area (Å²) < 4.78 is 5.07. The first-order valence-electron chi connectivity index (χ1n) is 4.71. The molecule has 1 aromatic rings. The number of ether oxygens (including phenoxy) is 1. The largest absolute Gasteiger partial charge is 0.495 e. The van der Waals surface area contributed by atoms with Crippen LogP contribution in [0.15, 0.2) is 18.2 Å². The summed E-state index contributed by atoms with van der Waals surface area (Å²) in [7, 11) is 1.61.